The number of alkyl halides is 3. The van der Waals surface area contributed by atoms with E-state index in [-0.39, 0.29) is 29.0 Å². The first kappa shape index (κ1) is 27.4. The number of amides is 1. The van der Waals surface area contributed by atoms with Gasteiger partial charge in [-0.1, -0.05) is 25.5 Å². The SMILES string of the molecule is C=C[N+](=C(NC)c1c(C)n(-c2cccc(C(F)(F)F)c2)c(=O)n1C(=O)NC1CCCC1)c1ccc(C#N)cc1. The van der Waals surface area contributed by atoms with Crippen molar-refractivity contribution in [2.45, 2.75) is 44.8 Å². The van der Waals surface area contributed by atoms with Crippen molar-refractivity contribution in [1.82, 2.24) is 19.8 Å². The molecule has 1 fully saturated rings. The summed E-state index contributed by atoms with van der Waals surface area (Å²) in [5.74, 6) is 0.289. The number of imidazole rings is 1. The van der Waals surface area contributed by atoms with Gasteiger partial charge in [0.2, 0.25) is 0 Å². The van der Waals surface area contributed by atoms with Crippen LogP contribution in [0.2, 0.25) is 0 Å². The fourth-order valence-corrected chi connectivity index (χ4v) is 4.88. The molecule has 3 aromatic rings. The van der Waals surface area contributed by atoms with E-state index in [4.69, 9.17) is 5.26 Å². The lowest BCUT2D eigenvalue weighted by molar-refractivity contribution is -0.361. The number of hydrogen-bond donors (Lipinski definition) is 2. The Bertz CT molecular complexity index is 1540. The molecule has 0 radical (unpaired) electrons. The van der Waals surface area contributed by atoms with Crippen molar-refractivity contribution in [2.24, 2.45) is 0 Å². The molecule has 0 spiro atoms. The highest BCUT2D eigenvalue weighted by atomic mass is 19.4. The van der Waals surface area contributed by atoms with Crippen LogP contribution in [0.5, 0.6) is 0 Å². The van der Waals surface area contributed by atoms with Gasteiger partial charge in [-0.3, -0.25) is 9.88 Å². The number of carbonyl (C=O) groups excluding carboxylic acids is 1. The smallest absolute Gasteiger partial charge is 0.335 e. The van der Waals surface area contributed by atoms with E-state index in [1.165, 1.54) is 18.3 Å². The van der Waals surface area contributed by atoms with Crippen molar-refractivity contribution in [3.8, 4) is 11.8 Å². The van der Waals surface area contributed by atoms with Crippen LogP contribution >= 0.6 is 0 Å². The van der Waals surface area contributed by atoms with Gasteiger partial charge in [0, 0.05) is 6.04 Å². The van der Waals surface area contributed by atoms with Gasteiger partial charge >= 0.3 is 23.7 Å². The number of halogens is 3. The Hall–Kier alpha value is -4.59. The Balaban J connectivity index is 1.99. The van der Waals surface area contributed by atoms with Crippen LogP contribution in [0, 0.1) is 18.3 Å². The number of nitriles is 1. The third kappa shape index (κ3) is 5.36. The molecule has 11 heteroatoms. The fourth-order valence-electron chi connectivity index (χ4n) is 4.88. The van der Waals surface area contributed by atoms with E-state index in [0.717, 1.165) is 47.0 Å². The lowest BCUT2D eigenvalue weighted by Gasteiger charge is -2.14. The predicted molar refractivity (Wildman–Crippen MR) is 140 cm³/mol. The highest BCUT2D eigenvalue weighted by Crippen LogP contribution is 2.30. The van der Waals surface area contributed by atoms with E-state index in [9.17, 15) is 22.8 Å². The van der Waals surface area contributed by atoms with Crippen molar-refractivity contribution >= 4 is 17.6 Å². The molecule has 1 heterocycles. The molecule has 39 heavy (non-hydrogen) atoms. The normalized spacial score (nSPS) is 14.5. The number of hydrogen-bond acceptors (Lipinski definition) is 3. The van der Waals surface area contributed by atoms with E-state index in [1.807, 2.05) is 6.07 Å². The molecule has 1 aliphatic rings. The molecule has 1 aromatic heterocycles. The Kier molecular flexibility index (Phi) is 7.76. The first-order chi connectivity index (χ1) is 18.6. The molecule has 0 aliphatic heterocycles. The number of nitrogens with one attached hydrogen (secondary N) is 2. The number of aromatic nitrogens is 2. The minimum absolute atomic E-state index is 0.0278. The van der Waals surface area contributed by atoms with Gasteiger partial charge in [0.25, 0.3) is 0 Å². The second-order valence-corrected chi connectivity index (χ2v) is 9.18. The van der Waals surface area contributed by atoms with Gasteiger partial charge in [0.1, 0.15) is 5.69 Å². The molecule has 2 N–H and O–H groups in total. The summed E-state index contributed by atoms with van der Waals surface area (Å²) < 4.78 is 44.1. The Morgan fingerprint density at radius 3 is 2.41 bits per heavy atom. The number of nitrogens with zero attached hydrogens (tertiary/aromatic N) is 4. The van der Waals surface area contributed by atoms with E-state index in [1.54, 1.807) is 42.8 Å². The monoisotopic (exact) mass is 537 g/mol. The minimum atomic E-state index is -4.61. The molecule has 202 valence electrons. The Labute approximate surface area is 223 Å². The summed E-state index contributed by atoms with van der Waals surface area (Å²) in [6, 6.07) is 12.2. The molecular weight excluding hydrogens is 509 g/mol. The third-order valence-electron chi connectivity index (χ3n) is 6.76. The van der Waals surface area contributed by atoms with E-state index >= 15 is 0 Å². The molecule has 1 aliphatic carbocycles. The second kappa shape index (κ2) is 11.0. The van der Waals surface area contributed by atoms with Crippen LogP contribution in [0.15, 0.2) is 66.1 Å². The lowest BCUT2D eigenvalue weighted by Crippen LogP contribution is -2.44. The average Bonchev–Trinajstić information content (AvgIpc) is 3.52. The summed E-state index contributed by atoms with van der Waals surface area (Å²) in [6.45, 7) is 5.43. The minimum Gasteiger partial charge on any atom is -0.335 e. The highest BCUT2D eigenvalue weighted by molar-refractivity contribution is 5.99. The molecule has 2 aromatic carbocycles. The third-order valence-corrected chi connectivity index (χ3v) is 6.76. The maximum atomic E-state index is 13.8. The molecule has 0 atom stereocenters. The van der Waals surface area contributed by atoms with Gasteiger partial charge in [-0.15, -0.1) is 0 Å². The summed E-state index contributed by atoms with van der Waals surface area (Å²) in [5, 5.41) is 15.1. The van der Waals surface area contributed by atoms with Gasteiger partial charge in [0.05, 0.1) is 41.8 Å². The molecule has 4 rings (SSSR count). The molecule has 1 amide bonds. The van der Waals surface area contributed by atoms with Crippen molar-refractivity contribution in [3.63, 3.8) is 0 Å². The van der Waals surface area contributed by atoms with Crippen molar-refractivity contribution in [1.29, 1.82) is 5.26 Å². The molecule has 0 unspecified atom stereocenters. The van der Waals surface area contributed by atoms with Gasteiger partial charge < -0.3 is 5.32 Å². The van der Waals surface area contributed by atoms with Crippen molar-refractivity contribution < 1.29 is 22.5 Å². The van der Waals surface area contributed by atoms with Crippen LogP contribution in [0.25, 0.3) is 5.69 Å². The van der Waals surface area contributed by atoms with Gasteiger partial charge in [-0.2, -0.15) is 23.0 Å². The van der Waals surface area contributed by atoms with Crippen molar-refractivity contribution in [2.75, 3.05) is 7.05 Å². The first-order valence-electron chi connectivity index (χ1n) is 12.4. The van der Waals surface area contributed by atoms with Crippen LogP contribution < -0.4 is 16.3 Å². The van der Waals surface area contributed by atoms with Crippen LogP contribution in [0.4, 0.5) is 23.7 Å². The maximum absolute atomic E-state index is 13.8. The molecule has 0 saturated heterocycles. The molecule has 8 nitrogen and oxygen atoms in total. The summed E-state index contributed by atoms with van der Waals surface area (Å²) in [4.78, 5) is 27.4. The largest absolute Gasteiger partial charge is 0.416 e. The Morgan fingerprint density at radius 1 is 1.18 bits per heavy atom. The lowest BCUT2D eigenvalue weighted by atomic mass is 10.2. The zero-order chi connectivity index (χ0) is 28.3. The number of rotatable bonds is 5. The number of amidine groups is 1. The van der Waals surface area contributed by atoms with Gasteiger partial charge in [-0.05, 0) is 62.2 Å². The average molecular weight is 538 g/mol. The van der Waals surface area contributed by atoms with Gasteiger partial charge in [0.15, 0.2) is 5.69 Å². The zero-order valence-electron chi connectivity index (χ0n) is 21.5. The summed E-state index contributed by atoms with van der Waals surface area (Å²) >= 11 is 0. The summed E-state index contributed by atoms with van der Waals surface area (Å²) in [7, 11) is 1.60. The number of carbonyl (C=O) groups is 1. The summed E-state index contributed by atoms with van der Waals surface area (Å²) in [5.41, 5.74) is -0.346. The predicted octanol–water partition coefficient (Wildman–Crippen LogP) is 4.79. The highest BCUT2D eigenvalue weighted by Gasteiger charge is 2.34. The van der Waals surface area contributed by atoms with Crippen LogP contribution in [0.3, 0.4) is 0 Å². The topological polar surface area (TPSA) is 94.9 Å². The van der Waals surface area contributed by atoms with Crippen molar-refractivity contribution in [3.05, 3.63) is 94.3 Å². The Morgan fingerprint density at radius 2 is 1.85 bits per heavy atom. The molecule has 1 saturated carbocycles. The van der Waals surface area contributed by atoms with E-state index in [2.05, 4.69) is 17.2 Å². The second-order valence-electron chi connectivity index (χ2n) is 9.18. The number of benzene rings is 2. The van der Waals surface area contributed by atoms with E-state index < -0.39 is 23.5 Å². The molecular formula is C28H28F3N6O2+. The molecule has 0 bridgehead atoms. The zero-order valence-corrected chi connectivity index (χ0v) is 21.5. The first-order valence-corrected chi connectivity index (χ1v) is 12.4. The quantitative estimate of drug-likeness (QED) is 0.278. The van der Waals surface area contributed by atoms with Crippen LogP contribution in [-0.2, 0) is 6.18 Å². The van der Waals surface area contributed by atoms with Gasteiger partial charge in [-0.25, -0.2) is 14.2 Å². The van der Waals surface area contributed by atoms with Crippen LogP contribution in [0.1, 0.15) is 48.2 Å². The standard InChI is InChI=1S/C28H27F3N6O2/c1-4-35(22-14-12-19(17-32)13-15-22)25(33-3)24-18(2)36(23-11-7-8-20(16-23)28(29,30)31)27(39)37(24)26(38)34-21-9-5-6-10-21/h4,7-8,11-16,21H,1,5-6,9-10H2,2-3H3,(H,34,38)/p+1. The fraction of sp³-hybridized carbons (Fsp3) is 0.286. The maximum Gasteiger partial charge on any atom is 0.416 e. The summed E-state index contributed by atoms with van der Waals surface area (Å²) in [6.07, 6.45) is 0.307. The van der Waals surface area contributed by atoms with Crippen LogP contribution in [-0.4, -0.2) is 38.7 Å². The van der Waals surface area contributed by atoms with E-state index in [0.29, 0.717) is 11.3 Å².